The van der Waals surface area contributed by atoms with Crippen LogP contribution < -0.4 is 5.32 Å². The first-order valence-electron chi connectivity index (χ1n) is 6.42. The molecule has 3 nitrogen and oxygen atoms in total. The first-order valence-corrected chi connectivity index (χ1v) is 6.42. The quantitative estimate of drug-likeness (QED) is 0.848. The van der Waals surface area contributed by atoms with Crippen LogP contribution in [0.5, 0.6) is 0 Å². The van der Waals surface area contributed by atoms with Crippen molar-refractivity contribution < 1.29 is 14.3 Å². The second-order valence-corrected chi connectivity index (χ2v) is 4.28. The van der Waals surface area contributed by atoms with Crippen molar-refractivity contribution in [3.8, 4) is 11.8 Å². The Kier molecular flexibility index (Phi) is 5.08. The predicted octanol–water partition coefficient (Wildman–Crippen LogP) is 2.10. The third-order valence-electron chi connectivity index (χ3n) is 2.87. The van der Waals surface area contributed by atoms with Crippen LogP contribution in [0.1, 0.15) is 21.5 Å². The Balaban J connectivity index is 2.12. The fourth-order valence-electron chi connectivity index (χ4n) is 1.84. The Morgan fingerprint density at radius 2 is 1.86 bits per heavy atom. The largest absolute Gasteiger partial charge is 0.384 e. The van der Waals surface area contributed by atoms with Crippen molar-refractivity contribution >= 4 is 5.91 Å². The summed E-state index contributed by atoms with van der Waals surface area (Å²) < 4.78 is 13.5. The Bertz CT molecular complexity index is 701. The van der Waals surface area contributed by atoms with Crippen molar-refractivity contribution in [2.24, 2.45) is 0 Å². The highest BCUT2D eigenvalue weighted by molar-refractivity contribution is 5.96. The molecule has 0 bridgehead atoms. The SMILES string of the molecule is O=C(NCc1ccccc1F)c1ccccc1C#CCO. The minimum absolute atomic E-state index is 0.104. The summed E-state index contributed by atoms with van der Waals surface area (Å²) in [7, 11) is 0. The minimum atomic E-state index is -0.355. The van der Waals surface area contributed by atoms with Crippen LogP contribution in [-0.2, 0) is 6.54 Å². The highest BCUT2D eigenvalue weighted by Crippen LogP contribution is 2.09. The number of hydrogen-bond acceptors (Lipinski definition) is 2. The molecule has 0 aliphatic carbocycles. The first-order chi connectivity index (χ1) is 10.2. The van der Waals surface area contributed by atoms with E-state index in [9.17, 15) is 9.18 Å². The van der Waals surface area contributed by atoms with Gasteiger partial charge in [-0.15, -0.1) is 0 Å². The molecular weight excluding hydrogens is 269 g/mol. The molecule has 0 saturated carbocycles. The molecule has 2 N–H and O–H groups in total. The van der Waals surface area contributed by atoms with Crippen LogP contribution in [0.25, 0.3) is 0 Å². The molecule has 2 aromatic carbocycles. The zero-order valence-electron chi connectivity index (χ0n) is 11.3. The lowest BCUT2D eigenvalue weighted by Crippen LogP contribution is -2.24. The van der Waals surface area contributed by atoms with Gasteiger partial charge >= 0.3 is 0 Å². The predicted molar refractivity (Wildman–Crippen MR) is 78.0 cm³/mol. The molecule has 0 radical (unpaired) electrons. The number of aliphatic hydroxyl groups is 1. The van der Waals surface area contributed by atoms with Crippen molar-refractivity contribution in [1.29, 1.82) is 0 Å². The maximum atomic E-state index is 13.5. The van der Waals surface area contributed by atoms with Gasteiger partial charge in [0.2, 0.25) is 0 Å². The molecule has 0 fully saturated rings. The van der Waals surface area contributed by atoms with Crippen molar-refractivity contribution in [1.82, 2.24) is 5.32 Å². The average Bonchev–Trinajstić information content (AvgIpc) is 2.52. The number of hydrogen-bond donors (Lipinski definition) is 2. The van der Waals surface area contributed by atoms with E-state index in [2.05, 4.69) is 17.2 Å². The Labute approximate surface area is 122 Å². The van der Waals surface area contributed by atoms with Crippen LogP contribution in [0.4, 0.5) is 4.39 Å². The third kappa shape index (κ3) is 3.91. The zero-order valence-corrected chi connectivity index (χ0v) is 11.3. The van der Waals surface area contributed by atoms with Gasteiger partial charge in [0.05, 0.1) is 5.56 Å². The molecule has 2 aromatic rings. The summed E-state index contributed by atoms with van der Waals surface area (Å²) >= 11 is 0. The fraction of sp³-hybridized carbons (Fsp3) is 0.118. The van der Waals surface area contributed by atoms with Gasteiger partial charge in [0.25, 0.3) is 5.91 Å². The van der Waals surface area contributed by atoms with E-state index < -0.39 is 0 Å². The summed E-state index contributed by atoms with van der Waals surface area (Å²) in [4.78, 5) is 12.1. The lowest BCUT2D eigenvalue weighted by atomic mass is 10.1. The highest BCUT2D eigenvalue weighted by atomic mass is 19.1. The number of rotatable bonds is 3. The average molecular weight is 283 g/mol. The topological polar surface area (TPSA) is 49.3 Å². The van der Waals surface area contributed by atoms with Crippen molar-refractivity contribution in [3.05, 3.63) is 71.0 Å². The summed E-state index contributed by atoms with van der Waals surface area (Å²) in [5, 5.41) is 11.4. The van der Waals surface area contributed by atoms with Crippen LogP contribution in [0.3, 0.4) is 0 Å². The van der Waals surface area contributed by atoms with E-state index in [4.69, 9.17) is 5.11 Å². The van der Waals surface area contributed by atoms with Crippen molar-refractivity contribution in [2.75, 3.05) is 6.61 Å². The normalized spacial score (nSPS) is 9.62. The third-order valence-corrected chi connectivity index (χ3v) is 2.87. The molecule has 0 aliphatic rings. The van der Waals surface area contributed by atoms with Crippen LogP contribution >= 0.6 is 0 Å². The van der Waals surface area contributed by atoms with Crippen molar-refractivity contribution in [3.63, 3.8) is 0 Å². The van der Waals surface area contributed by atoms with Crippen molar-refractivity contribution in [2.45, 2.75) is 6.54 Å². The number of carbonyl (C=O) groups excluding carboxylic acids is 1. The van der Waals surface area contributed by atoms with Gasteiger partial charge in [-0.2, -0.15) is 0 Å². The molecule has 2 rings (SSSR count). The van der Waals surface area contributed by atoms with E-state index in [0.29, 0.717) is 16.7 Å². The van der Waals surface area contributed by atoms with Gasteiger partial charge in [-0.25, -0.2) is 4.39 Å². The van der Waals surface area contributed by atoms with Gasteiger partial charge in [0.1, 0.15) is 12.4 Å². The molecule has 0 unspecified atom stereocenters. The van der Waals surface area contributed by atoms with Crippen LogP contribution in [0.2, 0.25) is 0 Å². The lowest BCUT2D eigenvalue weighted by molar-refractivity contribution is 0.0950. The van der Waals surface area contributed by atoms with E-state index in [1.54, 1.807) is 42.5 Å². The highest BCUT2D eigenvalue weighted by Gasteiger charge is 2.10. The van der Waals surface area contributed by atoms with Gasteiger partial charge in [-0.3, -0.25) is 4.79 Å². The fourth-order valence-corrected chi connectivity index (χ4v) is 1.84. The maximum absolute atomic E-state index is 13.5. The maximum Gasteiger partial charge on any atom is 0.252 e. The summed E-state index contributed by atoms with van der Waals surface area (Å²) in [6.45, 7) is -0.168. The first kappa shape index (κ1) is 14.8. The van der Waals surface area contributed by atoms with E-state index in [-0.39, 0.29) is 24.9 Å². The molecule has 21 heavy (non-hydrogen) atoms. The van der Waals surface area contributed by atoms with Crippen LogP contribution in [-0.4, -0.2) is 17.6 Å². The molecule has 0 heterocycles. The minimum Gasteiger partial charge on any atom is -0.384 e. The molecule has 0 spiro atoms. The number of benzene rings is 2. The lowest BCUT2D eigenvalue weighted by Gasteiger charge is -2.07. The zero-order chi connectivity index (χ0) is 15.1. The van der Waals surface area contributed by atoms with Gasteiger partial charge < -0.3 is 10.4 Å². The Morgan fingerprint density at radius 1 is 1.14 bits per heavy atom. The van der Waals surface area contributed by atoms with Gasteiger partial charge in [-0.1, -0.05) is 42.2 Å². The van der Waals surface area contributed by atoms with E-state index >= 15 is 0 Å². The Morgan fingerprint density at radius 3 is 2.62 bits per heavy atom. The number of amides is 1. The number of aliphatic hydroxyl groups excluding tert-OH is 1. The standard InChI is InChI=1S/C17H14FNO2/c18-16-10-4-2-7-14(16)12-19-17(21)15-9-3-1-6-13(15)8-5-11-20/h1-4,6-7,9-10,20H,11-12H2,(H,19,21). The molecule has 0 saturated heterocycles. The van der Waals surface area contributed by atoms with Crippen LogP contribution in [0.15, 0.2) is 48.5 Å². The van der Waals surface area contributed by atoms with Crippen LogP contribution in [0, 0.1) is 17.7 Å². The van der Waals surface area contributed by atoms with Gasteiger partial charge in [-0.05, 0) is 18.2 Å². The Hall–Kier alpha value is -2.64. The molecular formula is C17H14FNO2. The number of halogens is 1. The second kappa shape index (κ2) is 7.22. The molecule has 1 amide bonds. The summed E-state index contributed by atoms with van der Waals surface area (Å²) in [5.41, 5.74) is 1.34. The second-order valence-electron chi connectivity index (χ2n) is 4.28. The summed E-state index contributed by atoms with van der Waals surface area (Å²) in [6.07, 6.45) is 0. The smallest absolute Gasteiger partial charge is 0.252 e. The van der Waals surface area contributed by atoms with Gasteiger partial charge in [0.15, 0.2) is 0 Å². The molecule has 0 aromatic heterocycles. The van der Waals surface area contributed by atoms with E-state index in [1.165, 1.54) is 6.07 Å². The van der Waals surface area contributed by atoms with Gasteiger partial charge in [0, 0.05) is 17.7 Å². The molecule has 106 valence electrons. The summed E-state index contributed by atoms with van der Waals surface area (Å²) in [5.74, 6) is 4.54. The van der Waals surface area contributed by atoms with E-state index in [1.807, 2.05) is 0 Å². The molecule has 0 aliphatic heterocycles. The van der Waals surface area contributed by atoms with E-state index in [0.717, 1.165) is 0 Å². The molecule has 0 atom stereocenters. The molecule has 4 heteroatoms. The number of carbonyl (C=O) groups is 1. The monoisotopic (exact) mass is 283 g/mol. The number of nitrogens with one attached hydrogen (secondary N) is 1. The summed E-state index contributed by atoms with van der Waals surface area (Å²) in [6, 6.07) is 13.1.